The third kappa shape index (κ3) is 2.32. The molecule has 16 heavy (non-hydrogen) atoms. The number of rotatable bonds is 2. The molecule has 1 unspecified atom stereocenters. The highest BCUT2D eigenvalue weighted by Crippen LogP contribution is 2.26. The summed E-state index contributed by atoms with van der Waals surface area (Å²) in [6, 6.07) is 6.75. The molecule has 2 rings (SSSR count). The standard InChI is InChI=1S/C11H9Cl2N3/c12-8-2-1-7(5-9(8)13)11(14)10-3-4-15-6-16-10/h1-6,11H,14H2. The van der Waals surface area contributed by atoms with Crippen molar-refractivity contribution in [2.75, 3.05) is 0 Å². The van der Waals surface area contributed by atoms with E-state index in [2.05, 4.69) is 9.97 Å². The Morgan fingerprint density at radius 2 is 1.94 bits per heavy atom. The molecule has 0 radical (unpaired) electrons. The maximum Gasteiger partial charge on any atom is 0.115 e. The number of halogens is 2. The highest BCUT2D eigenvalue weighted by atomic mass is 35.5. The Morgan fingerprint density at radius 3 is 2.56 bits per heavy atom. The smallest absolute Gasteiger partial charge is 0.115 e. The molecule has 82 valence electrons. The minimum atomic E-state index is -0.322. The molecule has 1 aromatic heterocycles. The van der Waals surface area contributed by atoms with Gasteiger partial charge in [-0.3, -0.25) is 0 Å². The van der Waals surface area contributed by atoms with Crippen LogP contribution < -0.4 is 5.73 Å². The van der Waals surface area contributed by atoms with Gasteiger partial charge in [0, 0.05) is 6.20 Å². The highest BCUT2D eigenvalue weighted by Gasteiger charge is 2.11. The van der Waals surface area contributed by atoms with Crippen LogP contribution in [0, 0.1) is 0 Å². The van der Waals surface area contributed by atoms with Gasteiger partial charge in [-0.15, -0.1) is 0 Å². The number of nitrogens with zero attached hydrogens (tertiary/aromatic N) is 2. The van der Waals surface area contributed by atoms with Crippen LogP contribution in [0.2, 0.25) is 10.0 Å². The molecule has 0 saturated carbocycles. The van der Waals surface area contributed by atoms with Crippen LogP contribution in [0.25, 0.3) is 0 Å². The molecule has 5 heteroatoms. The molecule has 0 aliphatic heterocycles. The van der Waals surface area contributed by atoms with Crippen LogP contribution in [0.3, 0.4) is 0 Å². The van der Waals surface area contributed by atoms with Crippen LogP contribution in [0.15, 0.2) is 36.8 Å². The van der Waals surface area contributed by atoms with Crippen molar-refractivity contribution in [1.82, 2.24) is 9.97 Å². The van der Waals surface area contributed by atoms with Gasteiger partial charge in [-0.05, 0) is 23.8 Å². The van der Waals surface area contributed by atoms with Gasteiger partial charge in [-0.25, -0.2) is 9.97 Å². The third-order valence-electron chi connectivity index (χ3n) is 2.23. The molecule has 0 spiro atoms. The first-order valence-corrected chi connectivity index (χ1v) is 5.40. The topological polar surface area (TPSA) is 51.8 Å². The minimum absolute atomic E-state index is 0.322. The zero-order valence-electron chi connectivity index (χ0n) is 8.27. The summed E-state index contributed by atoms with van der Waals surface area (Å²) >= 11 is 11.8. The number of aromatic nitrogens is 2. The van der Waals surface area contributed by atoms with Gasteiger partial charge in [0.2, 0.25) is 0 Å². The van der Waals surface area contributed by atoms with Crippen molar-refractivity contribution in [1.29, 1.82) is 0 Å². The van der Waals surface area contributed by atoms with Crippen molar-refractivity contribution in [2.45, 2.75) is 6.04 Å². The van der Waals surface area contributed by atoms with Gasteiger partial charge in [-0.1, -0.05) is 29.3 Å². The first kappa shape index (κ1) is 11.3. The summed E-state index contributed by atoms with van der Waals surface area (Å²) in [6.07, 6.45) is 3.12. The van der Waals surface area contributed by atoms with Crippen LogP contribution in [-0.4, -0.2) is 9.97 Å². The van der Waals surface area contributed by atoms with Crippen LogP contribution in [0.5, 0.6) is 0 Å². The van der Waals surface area contributed by atoms with Gasteiger partial charge in [-0.2, -0.15) is 0 Å². The Hall–Kier alpha value is -1.16. The molecule has 1 atom stereocenters. The maximum absolute atomic E-state index is 6.04. The minimum Gasteiger partial charge on any atom is -0.319 e. The second kappa shape index (κ2) is 4.78. The summed E-state index contributed by atoms with van der Waals surface area (Å²) < 4.78 is 0. The zero-order chi connectivity index (χ0) is 11.5. The lowest BCUT2D eigenvalue weighted by molar-refractivity contribution is 0.820. The van der Waals surface area contributed by atoms with Gasteiger partial charge in [0.1, 0.15) is 6.33 Å². The molecule has 0 aliphatic carbocycles. The van der Waals surface area contributed by atoms with Crippen molar-refractivity contribution < 1.29 is 0 Å². The highest BCUT2D eigenvalue weighted by molar-refractivity contribution is 6.42. The second-order valence-corrected chi connectivity index (χ2v) is 4.10. The van der Waals surface area contributed by atoms with E-state index in [0.717, 1.165) is 11.3 Å². The third-order valence-corrected chi connectivity index (χ3v) is 2.97. The Bertz CT molecular complexity index is 488. The van der Waals surface area contributed by atoms with Gasteiger partial charge in [0.15, 0.2) is 0 Å². The van der Waals surface area contributed by atoms with Crippen molar-refractivity contribution in [3.05, 3.63) is 58.1 Å². The van der Waals surface area contributed by atoms with E-state index < -0.39 is 0 Å². The summed E-state index contributed by atoms with van der Waals surface area (Å²) in [4.78, 5) is 7.93. The summed E-state index contributed by atoms with van der Waals surface area (Å²) in [5.41, 5.74) is 7.66. The fourth-order valence-electron chi connectivity index (χ4n) is 1.36. The van der Waals surface area contributed by atoms with Crippen LogP contribution in [0.4, 0.5) is 0 Å². The summed E-state index contributed by atoms with van der Waals surface area (Å²) in [7, 11) is 0. The molecular formula is C11H9Cl2N3. The number of hydrogen-bond donors (Lipinski definition) is 1. The molecule has 2 N–H and O–H groups in total. The van der Waals surface area contributed by atoms with Crippen molar-refractivity contribution in [3.63, 3.8) is 0 Å². The van der Waals surface area contributed by atoms with Crippen molar-refractivity contribution >= 4 is 23.2 Å². The lowest BCUT2D eigenvalue weighted by atomic mass is 10.0. The van der Waals surface area contributed by atoms with Crippen LogP contribution in [0.1, 0.15) is 17.3 Å². The fraction of sp³-hybridized carbons (Fsp3) is 0.0909. The Kier molecular flexibility index (Phi) is 3.39. The van der Waals surface area contributed by atoms with Crippen LogP contribution >= 0.6 is 23.2 Å². The largest absolute Gasteiger partial charge is 0.319 e. The fourth-order valence-corrected chi connectivity index (χ4v) is 1.67. The first-order chi connectivity index (χ1) is 7.68. The van der Waals surface area contributed by atoms with Crippen molar-refractivity contribution in [3.8, 4) is 0 Å². The van der Waals surface area contributed by atoms with E-state index in [1.54, 1.807) is 24.4 Å². The van der Waals surface area contributed by atoms with E-state index in [4.69, 9.17) is 28.9 Å². The molecule has 0 bridgehead atoms. The van der Waals surface area contributed by atoms with E-state index >= 15 is 0 Å². The van der Waals surface area contributed by atoms with Crippen molar-refractivity contribution in [2.24, 2.45) is 5.73 Å². The second-order valence-electron chi connectivity index (χ2n) is 3.29. The molecule has 1 heterocycles. The first-order valence-electron chi connectivity index (χ1n) is 4.65. The zero-order valence-corrected chi connectivity index (χ0v) is 9.78. The van der Waals surface area contributed by atoms with Gasteiger partial charge < -0.3 is 5.73 Å². The number of nitrogens with two attached hydrogens (primary N) is 1. The monoisotopic (exact) mass is 253 g/mol. The summed E-state index contributed by atoms with van der Waals surface area (Å²) in [5.74, 6) is 0. The van der Waals surface area contributed by atoms with E-state index in [9.17, 15) is 0 Å². The van der Waals surface area contributed by atoms with E-state index in [0.29, 0.717) is 10.0 Å². The summed E-state index contributed by atoms with van der Waals surface area (Å²) in [5, 5.41) is 1.00. The maximum atomic E-state index is 6.04. The number of hydrogen-bond acceptors (Lipinski definition) is 3. The van der Waals surface area contributed by atoms with Gasteiger partial charge >= 0.3 is 0 Å². The predicted octanol–water partition coefficient (Wildman–Crippen LogP) is 2.83. The average Bonchev–Trinajstić information content (AvgIpc) is 2.33. The predicted molar refractivity (Wildman–Crippen MR) is 64.5 cm³/mol. The SMILES string of the molecule is NC(c1ccc(Cl)c(Cl)c1)c1ccncn1. The molecule has 3 nitrogen and oxygen atoms in total. The molecular weight excluding hydrogens is 245 g/mol. The lowest BCUT2D eigenvalue weighted by Gasteiger charge is -2.11. The molecule has 0 saturated heterocycles. The van der Waals surface area contributed by atoms with Gasteiger partial charge in [0.25, 0.3) is 0 Å². The Labute approximate surface area is 103 Å². The van der Waals surface area contributed by atoms with E-state index in [1.807, 2.05) is 6.07 Å². The summed E-state index contributed by atoms with van der Waals surface area (Å²) in [6.45, 7) is 0. The van der Waals surface area contributed by atoms with Gasteiger partial charge in [0.05, 0.1) is 21.8 Å². The molecule has 2 aromatic rings. The number of benzene rings is 1. The molecule has 0 aliphatic rings. The Morgan fingerprint density at radius 1 is 1.12 bits per heavy atom. The van der Waals surface area contributed by atoms with E-state index in [1.165, 1.54) is 6.33 Å². The Balaban J connectivity index is 2.34. The molecule has 1 aromatic carbocycles. The molecule has 0 fully saturated rings. The normalized spacial score (nSPS) is 12.4. The lowest BCUT2D eigenvalue weighted by Crippen LogP contribution is -2.13. The van der Waals surface area contributed by atoms with E-state index in [-0.39, 0.29) is 6.04 Å². The van der Waals surface area contributed by atoms with Crippen LogP contribution in [-0.2, 0) is 0 Å². The molecule has 0 amide bonds. The average molecular weight is 254 g/mol. The quantitative estimate of drug-likeness (QED) is 0.896.